The Morgan fingerprint density at radius 3 is 2.16 bits per heavy atom. The van der Waals surface area contributed by atoms with E-state index >= 15 is 0 Å². The highest BCUT2D eigenvalue weighted by atomic mass is 19.4. The van der Waals surface area contributed by atoms with Crippen LogP contribution in [-0.4, -0.2) is 52.6 Å². The molecule has 2 atom stereocenters. The van der Waals surface area contributed by atoms with Crippen LogP contribution >= 0.6 is 0 Å². The first-order chi connectivity index (χ1) is 11.5. The lowest BCUT2D eigenvalue weighted by molar-refractivity contribution is -0.164. The molecule has 0 aromatic rings. The maximum atomic E-state index is 13.1. The minimum Gasteiger partial charge on any atom is -0.480 e. The van der Waals surface area contributed by atoms with Crippen LogP contribution < -0.4 is 5.32 Å². The minimum absolute atomic E-state index is 0.165. The summed E-state index contributed by atoms with van der Waals surface area (Å²) < 4.78 is 39.3. The molecule has 0 saturated carbocycles. The number of unbranched alkanes of at least 4 members (excludes halogenated alkanes) is 2. The molecule has 0 radical (unpaired) electrons. The van der Waals surface area contributed by atoms with Gasteiger partial charge in [-0.25, -0.2) is 0 Å². The fourth-order valence-electron chi connectivity index (χ4n) is 2.55. The summed E-state index contributed by atoms with van der Waals surface area (Å²) in [6.07, 6.45) is -1.51. The molecule has 142 valence electrons. The van der Waals surface area contributed by atoms with Crippen LogP contribution in [0.5, 0.6) is 0 Å². The molecule has 2 amide bonds. The summed E-state index contributed by atoms with van der Waals surface area (Å²) in [5, 5.41) is 11.2. The molecule has 25 heavy (non-hydrogen) atoms. The Kier molecular flexibility index (Phi) is 7.60. The van der Waals surface area contributed by atoms with Crippen molar-refractivity contribution in [1.29, 1.82) is 0 Å². The van der Waals surface area contributed by atoms with Gasteiger partial charge in [-0.05, 0) is 18.8 Å². The fourth-order valence-corrected chi connectivity index (χ4v) is 2.55. The van der Waals surface area contributed by atoms with Crippen molar-refractivity contribution in [3.05, 3.63) is 12.2 Å². The van der Waals surface area contributed by atoms with Gasteiger partial charge in [0.25, 0.3) is 11.8 Å². The molecule has 0 fully saturated rings. The normalized spacial score (nSPS) is 17.4. The molecule has 1 aliphatic heterocycles. The fraction of sp³-hybridized carbons (Fsp3) is 0.688. The van der Waals surface area contributed by atoms with Crippen LogP contribution in [0, 0.1) is 5.92 Å². The minimum atomic E-state index is -4.55. The summed E-state index contributed by atoms with van der Waals surface area (Å²) in [5.41, 5.74) is 0. The number of nitrogens with one attached hydrogen (secondary N) is 1. The van der Waals surface area contributed by atoms with E-state index in [4.69, 9.17) is 5.11 Å². The van der Waals surface area contributed by atoms with Crippen molar-refractivity contribution in [2.75, 3.05) is 6.54 Å². The zero-order valence-corrected chi connectivity index (χ0v) is 14.2. The highest BCUT2D eigenvalue weighted by Crippen LogP contribution is 2.25. The number of alkyl halides is 3. The Balaban J connectivity index is 2.45. The van der Waals surface area contributed by atoms with Crippen molar-refractivity contribution in [3.8, 4) is 0 Å². The van der Waals surface area contributed by atoms with Crippen LogP contribution in [0.15, 0.2) is 12.2 Å². The summed E-state index contributed by atoms with van der Waals surface area (Å²) >= 11 is 0. The molecule has 0 saturated heterocycles. The molecule has 2 N–H and O–H groups in total. The summed E-state index contributed by atoms with van der Waals surface area (Å²) in [6.45, 7) is 3.24. The number of carbonyl (C=O) groups excluding carboxylic acids is 2. The largest absolute Gasteiger partial charge is 0.480 e. The summed E-state index contributed by atoms with van der Waals surface area (Å²) in [6, 6.07) is -3.19. The van der Waals surface area contributed by atoms with Gasteiger partial charge in [-0.15, -0.1) is 0 Å². The third-order valence-corrected chi connectivity index (χ3v) is 3.98. The number of amides is 2. The van der Waals surface area contributed by atoms with Gasteiger partial charge >= 0.3 is 12.1 Å². The maximum Gasteiger partial charge on any atom is 0.403 e. The predicted octanol–water partition coefficient (Wildman–Crippen LogP) is 2.10. The number of imide groups is 1. The molecule has 1 heterocycles. The molecule has 0 aromatic carbocycles. The van der Waals surface area contributed by atoms with Crippen molar-refractivity contribution in [1.82, 2.24) is 10.2 Å². The van der Waals surface area contributed by atoms with E-state index < -0.39 is 42.0 Å². The zero-order valence-electron chi connectivity index (χ0n) is 14.2. The van der Waals surface area contributed by atoms with Gasteiger partial charge < -0.3 is 5.11 Å². The van der Waals surface area contributed by atoms with Gasteiger partial charge in [-0.3, -0.25) is 24.6 Å². The molecule has 9 heteroatoms. The molecule has 0 aliphatic carbocycles. The van der Waals surface area contributed by atoms with Gasteiger partial charge in [-0.2, -0.15) is 13.2 Å². The Hall–Kier alpha value is -1.90. The van der Waals surface area contributed by atoms with E-state index in [1.807, 2.05) is 0 Å². The summed E-state index contributed by atoms with van der Waals surface area (Å²) in [4.78, 5) is 34.8. The molecule has 1 rings (SSSR count). The second-order valence-electron chi connectivity index (χ2n) is 6.33. The first kappa shape index (κ1) is 21.1. The van der Waals surface area contributed by atoms with E-state index in [0.29, 0.717) is 12.8 Å². The first-order valence-corrected chi connectivity index (χ1v) is 8.13. The average Bonchev–Trinajstić information content (AvgIpc) is 2.79. The third kappa shape index (κ3) is 6.49. The standard InChI is InChI=1S/C16H23F3N2O4/c1-10(2)14(15(24)25)20-11(16(17,18)19)6-4-3-5-9-21-12(22)7-8-13(21)23/h7-8,10-11,14,20H,3-6,9H2,1-2H3,(H,24,25). The van der Waals surface area contributed by atoms with Crippen LogP contribution in [0.4, 0.5) is 13.2 Å². The van der Waals surface area contributed by atoms with Crippen LogP contribution in [0.1, 0.15) is 39.5 Å². The summed E-state index contributed by atoms with van der Waals surface area (Å²) in [7, 11) is 0. The van der Waals surface area contributed by atoms with E-state index in [1.165, 1.54) is 13.8 Å². The van der Waals surface area contributed by atoms with Crippen molar-refractivity contribution >= 4 is 17.8 Å². The average molecular weight is 364 g/mol. The van der Waals surface area contributed by atoms with Crippen LogP contribution in [0.2, 0.25) is 0 Å². The number of aliphatic carboxylic acids is 1. The molecule has 2 unspecified atom stereocenters. The van der Waals surface area contributed by atoms with Crippen molar-refractivity contribution in [2.45, 2.75) is 57.8 Å². The van der Waals surface area contributed by atoms with Crippen LogP contribution in [0.3, 0.4) is 0 Å². The van der Waals surface area contributed by atoms with Crippen molar-refractivity contribution < 1.29 is 32.7 Å². The van der Waals surface area contributed by atoms with Gasteiger partial charge in [0.15, 0.2) is 0 Å². The Labute approximate surface area is 144 Å². The number of rotatable bonds is 10. The maximum absolute atomic E-state index is 13.1. The number of hydrogen-bond acceptors (Lipinski definition) is 4. The van der Waals surface area contributed by atoms with E-state index in [1.54, 1.807) is 0 Å². The van der Waals surface area contributed by atoms with Gasteiger partial charge in [0.2, 0.25) is 0 Å². The summed E-state index contributed by atoms with van der Waals surface area (Å²) in [5.74, 6) is -2.63. The monoisotopic (exact) mass is 364 g/mol. The van der Waals surface area contributed by atoms with E-state index in [-0.39, 0.29) is 19.4 Å². The number of nitrogens with zero attached hydrogens (tertiary/aromatic N) is 1. The highest BCUT2D eigenvalue weighted by Gasteiger charge is 2.41. The van der Waals surface area contributed by atoms with E-state index in [9.17, 15) is 27.6 Å². The van der Waals surface area contributed by atoms with E-state index in [0.717, 1.165) is 17.1 Å². The Morgan fingerprint density at radius 1 is 1.16 bits per heavy atom. The lowest BCUT2D eigenvalue weighted by Crippen LogP contribution is -2.52. The number of carbonyl (C=O) groups is 3. The molecule has 0 spiro atoms. The number of hydrogen-bond donors (Lipinski definition) is 2. The number of carboxylic acids is 1. The molecule has 6 nitrogen and oxygen atoms in total. The van der Waals surface area contributed by atoms with Crippen LogP contribution in [-0.2, 0) is 14.4 Å². The number of carboxylic acid groups (broad SMARTS) is 1. The first-order valence-electron chi connectivity index (χ1n) is 8.13. The molecule has 0 bridgehead atoms. The molecular weight excluding hydrogens is 341 g/mol. The molecule has 1 aliphatic rings. The van der Waals surface area contributed by atoms with Crippen molar-refractivity contribution in [2.24, 2.45) is 5.92 Å². The molecule has 0 aromatic heterocycles. The Morgan fingerprint density at radius 2 is 1.72 bits per heavy atom. The molecular formula is C16H23F3N2O4. The van der Waals surface area contributed by atoms with E-state index in [2.05, 4.69) is 5.32 Å². The second-order valence-corrected chi connectivity index (χ2v) is 6.33. The van der Waals surface area contributed by atoms with Gasteiger partial charge in [-0.1, -0.05) is 26.7 Å². The second kappa shape index (κ2) is 8.98. The zero-order chi connectivity index (χ0) is 19.2. The van der Waals surface area contributed by atoms with Crippen LogP contribution in [0.25, 0.3) is 0 Å². The predicted molar refractivity (Wildman–Crippen MR) is 83.6 cm³/mol. The lowest BCUT2D eigenvalue weighted by atomic mass is 10.0. The van der Waals surface area contributed by atoms with Gasteiger partial charge in [0.05, 0.1) is 0 Å². The van der Waals surface area contributed by atoms with Gasteiger partial charge in [0.1, 0.15) is 12.1 Å². The lowest BCUT2D eigenvalue weighted by Gasteiger charge is -2.27. The van der Waals surface area contributed by atoms with Crippen molar-refractivity contribution in [3.63, 3.8) is 0 Å². The quantitative estimate of drug-likeness (QED) is 0.458. The topological polar surface area (TPSA) is 86.7 Å². The SMILES string of the molecule is CC(C)C(NC(CCCCCN1C(=O)C=CC1=O)C(F)(F)F)C(=O)O. The number of halogens is 3. The highest BCUT2D eigenvalue weighted by molar-refractivity contribution is 6.12. The van der Waals surface area contributed by atoms with Gasteiger partial charge in [0, 0.05) is 18.7 Å². The Bertz CT molecular complexity index is 514. The third-order valence-electron chi connectivity index (χ3n) is 3.98. The smallest absolute Gasteiger partial charge is 0.403 e.